The van der Waals surface area contributed by atoms with Crippen LogP contribution >= 0.6 is 0 Å². The smallest absolute Gasteiger partial charge is 0.218 e. The summed E-state index contributed by atoms with van der Waals surface area (Å²) >= 11 is 0. The molecular formula is C12H14O4. The van der Waals surface area contributed by atoms with Gasteiger partial charge in [-0.3, -0.25) is 4.79 Å². The number of methoxy groups -OCH3 is 1. The molecule has 1 aliphatic rings. The van der Waals surface area contributed by atoms with Gasteiger partial charge < -0.3 is 14.2 Å². The predicted molar refractivity (Wildman–Crippen MR) is 57.4 cm³/mol. The van der Waals surface area contributed by atoms with E-state index in [-0.39, 0.29) is 5.78 Å². The highest BCUT2D eigenvalue weighted by molar-refractivity contribution is 5.84. The molecule has 0 radical (unpaired) electrons. The van der Waals surface area contributed by atoms with Gasteiger partial charge in [0.25, 0.3) is 0 Å². The average Bonchev–Trinajstić information content (AvgIpc) is 2.83. The van der Waals surface area contributed by atoms with E-state index in [9.17, 15) is 4.79 Å². The Morgan fingerprint density at radius 3 is 2.50 bits per heavy atom. The predicted octanol–water partition coefficient (Wildman–Crippen LogP) is 1.18. The Hall–Kier alpha value is -1.39. The first-order valence-corrected chi connectivity index (χ1v) is 5.18. The van der Waals surface area contributed by atoms with Crippen molar-refractivity contribution >= 4 is 5.78 Å². The standard InChI is InChI=1S/C12H14O4/c1-14-10-4-2-9(3-5-10)8-11(13)12-15-6-7-16-12/h2-5,12H,6-8H2,1H3. The van der Waals surface area contributed by atoms with Crippen molar-refractivity contribution in [2.75, 3.05) is 20.3 Å². The molecule has 1 fully saturated rings. The van der Waals surface area contributed by atoms with Crippen LogP contribution in [-0.2, 0) is 20.7 Å². The molecule has 0 aliphatic carbocycles. The van der Waals surface area contributed by atoms with E-state index in [1.165, 1.54) is 0 Å². The Kier molecular flexibility index (Phi) is 3.54. The number of ketones is 1. The molecule has 4 nitrogen and oxygen atoms in total. The lowest BCUT2D eigenvalue weighted by molar-refractivity contribution is -0.143. The van der Waals surface area contributed by atoms with Crippen LogP contribution < -0.4 is 4.74 Å². The minimum atomic E-state index is -0.679. The first-order chi connectivity index (χ1) is 7.79. The molecule has 1 aliphatic heterocycles. The second-order valence-corrected chi connectivity index (χ2v) is 3.56. The lowest BCUT2D eigenvalue weighted by atomic mass is 10.1. The molecule has 0 atom stereocenters. The third-order valence-corrected chi connectivity index (χ3v) is 2.42. The van der Waals surface area contributed by atoms with Crippen LogP contribution in [0.25, 0.3) is 0 Å². The van der Waals surface area contributed by atoms with Crippen LogP contribution in [0.3, 0.4) is 0 Å². The number of benzene rings is 1. The summed E-state index contributed by atoms with van der Waals surface area (Å²) < 4.78 is 15.3. The molecule has 0 unspecified atom stereocenters. The topological polar surface area (TPSA) is 44.8 Å². The number of Topliss-reactive ketones (excluding diaryl/α,β-unsaturated/α-hetero) is 1. The van der Waals surface area contributed by atoms with E-state index >= 15 is 0 Å². The van der Waals surface area contributed by atoms with Gasteiger partial charge >= 0.3 is 0 Å². The third-order valence-electron chi connectivity index (χ3n) is 2.42. The van der Waals surface area contributed by atoms with Gasteiger partial charge in [0.05, 0.1) is 20.3 Å². The van der Waals surface area contributed by atoms with Gasteiger partial charge in [-0.1, -0.05) is 12.1 Å². The van der Waals surface area contributed by atoms with E-state index < -0.39 is 6.29 Å². The van der Waals surface area contributed by atoms with E-state index in [0.717, 1.165) is 11.3 Å². The van der Waals surface area contributed by atoms with Crippen LogP contribution in [0.2, 0.25) is 0 Å². The molecule has 0 amide bonds. The zero-order valence-corrected chi connectivity index (χ0v) is 9.14. The van der Waals surface area contributed by atoms with Crippen LogP contribution in [0.15, 0.2) is 24.3 Å². The second kappa shape index (κ2) is 5.09. The maximum Gasteiger partial charge on any atom is 0.218 e. The highest BCUT2D eigenvalue weighted by atomic mass is 16.7. The molecule has 1 saturated heterocycles. The molecule has 4 heteroatoms. The van der Waals surface area contributed by atoms with E-state index in [1.54, 1.807) is 7.11 Å². The summed E-state index contributed by atoms with van der Waals surface area (Å²) in [6.07, 6.45) is -0.351. The third kappa shape index (κ3) is 2.59. The Morgan fingerprint density at radius 2 is 1.94 bits per heavy atom. The van der Waals surface area contributed by atoms with Gasteiger partial charge in [-0.15, -0.1) is 0 Å². The van der Waals surface area contributed by atoms with Crippen molar-refractivity contribution in [3.8, 4) is 5.75 Å². The van der Waals surface area contributed by atoms with Gasteiger partial charge in [0.2, 0.25) is 6.29 Å². The summed E-state index contributed by atoms with van der Waals surface area (Å²) in [5, 5.41) is 0. The number of ether oxygens (including phenoxy) is 3. The molecule has 2 rings (SSSR count). The average molecular weight is 222 g/mol. The normalized spacial score (nSPS) is 16.3. The number of hydrogen-bond acceptors (Lipinski definition) is 4. The summed E-state index contributed by atoms with van der Waals surface area (Å²) in [6.45, 7) is 0.998. The molecule has 16 heavy (non-hydrogen) atoms. The van der Waals surface area contributed by atoms with Crippen LogP contribution in [-0.4, -0.2) is 32.4 Å². The summed E-state index contributed by atoms with van der Waals surface area (Å²) in [5.41, 5.74) is 0.935. The lowest BCUT2D eigenvalue weighted by Crippen LogP contribution is -2.23. The molecule has 0 saturated carbocycles. The minimum Gasteiger partial charge on any atom is -0.497 e. The Balaban J connectivity index is 1.94. The number of carbonyl (C=O) groups is 1. The molecular weight excluding hydrogens is 208 g/mol. The summed E-state index contributed by atoms with van der Waals surface area (Å²) in [5.74, 6) is 0.743. The van der Waals surface area contributed by atoms with Gasteiger partial charge in [-0.25, -0.2) is 0 Å². The first kappa shape index (κ1) is 11.1. The largest absolute Gasteiger partial charge is 0.497 e. The maximum atomic E-state index is 11.7. The Morgan fingerprint density at radius 1 is 1.31 bits per heavy atom. The highest BCUT2D eigenvalue weighted by Crippen LogP contribution is 2.14. The van der Waals surface area contributed by atoms with E-state index in [4.69, 9.17) is 14.2 Å². The monoisotopic (exact) mass is 222 g/mol. The molecule has 0 aromatic heterocycles. The molecule has 0 N–H and O–H groups in total. The van der Waals surface area contributed by atoms with Crippen molar-refractivity contribution in [1.82, 2.24) is 0 Å². The summed E-state index contributed by atoms with van der Waals surface area (Å²) in [6, 6.07) is 7.40. The van der Waals surface area contributed by atoms with Crippen LogP contribution in [0.1, 0.15) is 5.56 Å². The van der Waals surface area contributed by atoms with E-state index in [1.807, 2.05) is 24.3 Å². The summed E-state index contributed by atoms with van der Waals surface area (Å²) in [4.78, 5) is 11.7. The van der Waals surface area contributed by atoms with Crippen molar-refractivity contribution in [3.05, 3.63) is 29.8 Å². The second-order valence-electron chi connectivity index (χ2n) is 3.56. The number of carbonyl (C=O) groups excluding carboxylic acids is 1. The minimum absolute atomic E-state index is 0.0392. The highest BCUT2D eigenvalue weighted by Gasteiger charge is 2.24. The number of rotatable bonds is 4. The van der Waals surface area contributed by atoms with Crippen molar-refractivity contribution in [2.24, 2.45) is 0 Å². The van der Waals surface area contributed by atoms with Crippen LogP contribution in [0, 0.1) is 0 Å². The lowest BCUT2D eigenvalue weighted by Gasteiger charge is -2.07. The maximum absolute atomic E-state index is 11.7. The molecule has 1 aromatic carbocycles. The zero-order valence-electron chi connectivity index (χ0n) is 9.14. The van der Waals surface area contributed by atoms with Crippen molar-refractivity contribution in [1.29, 1.82) is 0 Å². The van der Waals surface area contributed by atoms with Crippen molar-refractivity contribution in [2.45, 2.75) is 12.7 Å². The molecule has 0 bridgehead atoms. The first-order valence-electron chi connectivity index (χ1n) is 5.18. The SMILES string of the molecule is COc1ccc(CC(=O)C2OCCO2)cc1. The Bertz CT molecular complexity index is 352. The van der Waals surface area contributed by atoms with Crippen LogP contribution in [0.4, 0.5) is 0 Å². The van der Waals surface area contributed by atoms with E-state index in [0.29, 0.717) is 19.6 Å². The fourth-order valence-electron chi connectivity index (χ4n) is 1.57. The summed E-state index contributed by atoms with van der Waals surface area (Å²) in [7, 11) is 1.61. The van der Waals surface area contributed by atoms with Gasteiger partial charge in [0, 0.05) is 6.42 Å². The molecule has 86 valence electrons. The van der Waals surface area contributed by atoms with Gasteiger partial charge in [0.15, 0.2) is 5.78 Å². The molecule has 1 aromatic rings. The van der Waals surface area contributed by atoms with Crippen LogP contribution in [0.5, 0.6) is 5.75 Å². The molecule has 0 spiro atoms. The van der Waals surface area contributed by atoms with Gasteiger partial charge in [-0.2, -0.15) is 0 Å². The zero-order chi connectivity index (χ0) is 11.4. The number of hydrogen-bond donors (Lipinski definition) is 0. The van der Waals surface area contributed by atoms with Crippen molar-refractivity contribution < 1.29 is 19.0 Å². The van der Waals surface area contributed by atoms with E-state index in [2.05, 4.69) is 0 Å². The van der Waals surface area contributed by atoms with Gasteiger partial charge in [0.1, 0.15) is 5.75 Å². The Labute approximate surface area is 94.1 Å². The fraction of sp³-hybridized carbons (Fsp3) is 0.417. The fourth-order valence-corrected chi connectivity index (χ4v) is 1.57. The quantitative estimate of drug-likeness (QED) is 0.767. The molecule has 1 heterocycles. The van der Waals surface area contributed by atoms with Crippen molar-refractivity contribution in [3.63, 3.8) is 0 Å². The van der Waals surface area contributed by atoms with Gasteiger partial charge in [-0.05, 0) is 17.7 Å².